The largest absolute Gasteiger partial charge is 0.473 e. The van der Waals surface area contributed by atoms with E-state index in [9.17, 15) is 4.39 Å². The Morgan fingerprint density at radius 1 is 1.54 bits per heavy atom. The Balaban J connectivity index is 2.00. The lowest BCUT2D eigenvalue weighted by atomic mass is 10.3. The normalized spacial score (nSPS) is 21.8. The average molecular weight is 182 g/mol. The van der Waals surface area contributed by atoms with E-state index in [0.29, 0.717) is 5.88 Å². The van der Waals surface area contributed by atoms with Crippen LogP contribution in [0.25, 0.3) is 0 Å². The molecule has 3 nitrogen and oxygen atoms in total. The third kappa shape index (κ3) is 2.15. The van der Waals surface area contributed by atoms with Crippen molar-refractivity contribution >= 4 is 0 Å². The minimum atomic E-state index is -0.497. The third-order valence-corrected chi connectivity index (χ3v) is 1.99. The van der Waals surface area contributed by atoms with Gasteiger partial charge in [-0.15, -0.1) is 0 Å². The van der Waals surface area contributed by atoms with Gasteiger partial charge in [-0.1, -0.05) is 6.07 Å². The fraction of sp³-hybridized carbons (Fsp3) is 0.444. The summed E-state index contributed by atoms with van der Waals surface area (Å²) < 4.78 is 18.1. The van der Waals surface area contributed by atoms with Crippen molar-refractivity contribution in [2.75, 3.05) is 13.1 Å². The molecule has 1 unspecified atom stereocenters. The summed E-state index contributed by atoms with van der Waals surface area (Å²) >= 11 is 0. The van der Waals surface area contributed by atoms with Gasteiger partial charge in [-0.2, -0.15) is 9.37 Å². The minimum absolute atomic E-state index is 0.134. The van der Waals surface area contributed by atoms with Crippen LogP contribution in [0.5, 0.6) is 5.88 Å². The summed E-state index contributed by atoms with van der Waals surface area (Å²) in [6.45, 7) is 1.78. The Labute approximate surface area is 75.9 Å². The Kier molecular flexibility index (Phi) is 2.40. The van der Waals surface area contributed by atoms with Crippen LogP contribution in [-0.4, -0.2) is 24.2 Å². The lowest BCUT2D eigenvalue weighted by Crippen LogP contribution is -2.20. The first-order valence-electron chi connectivity index (χ1n) is 4.34. The van der Waals surface area contributed by atoms with Crippen molar-refractivity contribution in [1.29, 1.82) is 0 Å². The highest BCUT2D eigenvalue weighted by molar-refractivity contribution is 5.11. The van der Waals surface area contributed by atoms with Crippen molar-refractivity contribution in [3.8, 4) is 5.88 Å². The van der Waals surface area contributed by atoms with Gasteiger partial charge in [0.15, 0.2) is 0 Å². The van der Waals surface area contributed by atoms with Gasteiger partial charge in [0.1, 0.15) is 6.10 Å². The predicted octanol–water partition coefficient (Wildman–Crippen LogP) is 0.961. The molecule has 0 spiro atoms. The highest BCUT2D eigenvalue weighted by atomic mass is 19.1. The molecule has 0 aliphatic carbocycles. The molecular formula is C9H11FN2O. The Bertz CT molecular complexity index is 287. The molecule has 2 rings (SSSR count). The topological polar surface area (TPSA) is 34.1 Å². The van der Waals surface area contributed by atoms with Gasteiger partial charge >= 0.3 is 0 Å². The zero-order valence-corrected chi connectivity index (χ0v) is 7.16. The summed E-state index contributed by atoms with van der Waals surface area (Å²) in [5.41, 5.74) is 0. The van der Waals surface area contributed by atoms with E-state index in [-0.39, 0.29) is 6.10 Å². The number of nitrogens with zero attached hydrogens (tertiary/aromatic N) is 1. The molecule has 0 radical (unpaired) electrons. The zero-order valence-electron chi connectivity index (χ0n) is 7.16. The molecule has 1 aliphatic rings. The van der Waals surface area contributed by atoms with E-state index in [4.69, 9.17) is 4.74 Å². The third-order valence-electron chi connectivity index (χ3n) is 1.99. The monoisotopic (exact) mass is 182 g/mol. The first-order valence-corrected chi connectivity index (χ1v) is 4.34. The van der Waals surface area contributed by atoms with Gasteiger partial charge in [-0.05, 0) is 19.0 Å². The number of aromatic nitrogens is 1. The molecule has 1 saturated heterocycles. The lowest BCUT2D eigenvalue weighted by Gasteiger charge is -2.10. The fourth-order valence-corrected chi connectivity index (χ4v) is 1.35. The van der Waals surface area contributed by atoms with Crippen LogP contribution >= 0.6 is 0 Å². The van der Waals surface area contributed by atoms with Gasteiger partial charge in [-0.25, -0.2) is 0 Å². The highest BCUT2D eigenvalue weighted by Gasteiger charge is 2.16. The van der Waals surface area contributed by atoms with Crippen molar-refractivity contribution in [3.63, 3.8) is 0 Å². The molecule has 0 amide bonds. The van der Waals surface area contributed by atoms with Crippen LogP contribution in [0.1, 0.15) is 6.42 Å². The number of rotatable bonds is 2. The molecule has 1 fully saturated rings. The van der Waals surface area contributed by atoms with E-state index in [2.05, 4.69) is 10.3 Å². The van der Waals surface area contributed by atoms with Crippen molar-refractivity contribution in [1.82, 2.24) is 10.3 Å². The summed E-state index contributed by atoms with van der Waals surface area (Å²) in [5, 5.41) is 3.16. The van der Waals surface area contributed by atoms with Gasteiger partial charge in [-0.3, -0.25) is 0 Å². The number of halogens is 1. The molecule has 1 aromatic rings. The highest BCUT2D eigenvalue weighted by Crippen LogP contribution is 2.11. The maximum absolute atomic E-state index is 12.6. The van der Waals surface area contributed by atoms with Gasteiger partial charge < -0.3 is 10.1 Å². The Morgan fingerprint density at radius 3 is 3.15 bits per heavy atom. The SMILES string of the molecule is Fc1cccc(OC2CCNC2)n1. The van der Waals surface area contributed by atoms with Crippen LogP contribution in [0.2, 0.25) is 0 Å². The molecule has 1 atom stereocenters. The first-order chi connectivity index (χ1) is 6.34. The second-order valence-corrected chi connectivity index (χ2v) is 3.03. The van der Waals surface area contributed by atoms with Crippen LogP contribution in [0.4, 0.5) is 4.39 Å². The Hall–Kier alpha value is -1.16. The average Bonchev–Trinajstić information content (AvgIpc) is 2.57. The number of ether oxygens (including phenoxy) is 1. The van der Waals surface area contributed by atoms with E-state index in [0.717, 1.165) is 19.5 Å². The standard InChI is InChI=1S/C9H11FN2O/c10-8-2-1-3-9(12-8)13-7-4-5-11-6-7/h1-3,7,11H,4-6H2. The van der Waals surface area contributed by atoms with Crippen molar-refractivity contribution in [2.45, 2.75) is 12.5 Å². The van der Waals surface area contributed by atoms with Crippen molar-refractivity contribution < 1.29 is 9.13 Å². The predicted molar refractivity (Wildman–Crippen MR) is 46.1 cm³/mol. The summed E-state index contributed by atoms with van der Waals surface area (Å²) in [6, 6.07) is 4.57. The number of hydrogen-bond acceptors (Lipinski definition) is 3. The summed E-state index contributed by atoms with van der Waals surface area (Å²) in [5.74, 6) is -0.128. The molecule has 4 heteroatoms. The van der Waals surface area contributed by atoms with E-state index in [1.807, 2.05) is 0 Å². The number of nitrogens with one attached hydrogen (secondary N) is 1. The van der Waals surface area contributed by atoms with Crippen molar-refractivity contribution in [3.05, 3.63) is 24.1 Å². The number of hydrogen-bond donors (Lipinski definition) is 1. The van der Waals surface area contributed by atoms with E-state index >= 15 is 0 Å². The molecule has 1 aromatic heterocycles. The van der Waals surface area contributed by atoms with Crippen LogP contribution in [0.15, 0.2) is 18.2 Å². The summed E-state index contributed by atoms with van der Waals surface area (Å²) in [7, 11) is 0. The Morgan fingerprint density at radius 2 is 2.46 bits per heavy atom. The summed E-state index contributed by atoms with van der Waals surface area (Å²) in [6.07, 6.45) is 1.09. The molecule has 0 aromatic carbocycles. The maximum Gasteiger partial charge on any atom is 0.216 e. The first kappa shape index (κ1) is 8.44. The van der Waals surface area contributed by atoms with E-state index < -0.39 is 5.95 Å². The molecule has 1 aliphatic heterocycles. The number of pyridine rings is 1. The second-order valence-electron chi connectivity index (χ2n) is 3.03. The fourth-order valence-electron chi connectivity index (χ4n) is 1.35. The van der Waals surface area contributed by atoms with E-state index in [1.54, 1.807) is 12.1 Å². The molecule has 1 N–H and O–H groups in total. The quantitative estimate of drug-likeness (QED) is 0.692. The maximum atomic E-state index is 12.6. The van der Waals surface area contributed by atoms with Gasteiger partial charge in [0.2, 0.25) is 11.8 Å². The molecular weight excluding hydrogens is 171 g/mol. The molecule has 0 bridgehead atoms. The van der Waals surface area contributed by atoms with Gasteiger partial charge in [0.05, 0.1) is 0 Å². The zero-order chi connectivity index (χ0) is 9.10. The molecule has 70 valence electrons. The second kappa shape index (κ2) is 3.70. The molecule has 0 saturated carbocycles. The minimum Gasteiger partial charge on any atom is -0.473 e. The van der Waals surface area contributed by atoms with Gasteiger partial charge in [0, 0.05) is 12.6 Å². The van der Waals surface area contributed by atoms with Crippen molar-refractivity contribution in [2.24, 2.45) is 0 Å². The van der Waals surface area contributed by atoms with E-state index in [1.165, 1.54) is 6.07 Å². The van der Waals surface area contributed by atoms with Gasteiger partial charge in [0.25, 0.3) is 0 Å². The lowest BCUT2D eigenvalue weighted by molar-refractivity contribution is 0.211. The van der Waals surface area contributed by atoms with Crippen LogP contribution in [0, 0.1) is 5.95 Å². The molecule has 13 heavy (non-hydrogen) atoms. The van der Waals surface area contributed by atoms with Crippen LogP contribution < -0.4 is 10.1 Å². The molecule has 2 heterocycles. The van der Waals surface area contributed by atoms with Crippen LogP contribution in [-0.2, 0) is 0 Å². The summed E-state index contributed by atoms with van der Waals surface area (Å²) in [4.78, 5) is 3.62. The smallest absolute Gasteiger partial charge is 0.216 e. The van der Waals surface area contributed by atoms with Crippen LogP contribution in [0.3, 0.4) is 0 Å².